The van der Waals surface area contributed by atoms with Crippen molar-refractivity contribution in [1.82, 2.24) is 14.9 Å². The number of nitrogens with zero attached hydrogens (tertiary/aromatic N) is 2. The third-order valence-corrected chi connectivity index (χ3v) is 4.95. The van der Waals surface area contributed by atoms with Crippen LogP contribution in [0.5, 0.6) is 0 Å². The Balaban J connectivity index is 1.95. The first-order chi connectivity index (χ1) is 10.6. The van der Waals surface area contributed by atoms with Crippen LogP contribution in [0, 0.1) is 6.92 Å². The second-order valence-corrected chi connectivity index (χ2v) is 6.56. The Morgan fingerprint density at radius 1 is 1.27 bits per heavy atom. The summed E-state index contributed by atoms with van der Waals surface area (Å²) in [5.74, 6) is 0.0921. The topological polar surface area (TPSA) is 66.1 Å². The number of H-pyrrole nitrogens is 1. The molecule has 0 unspecified atom stereocenters. The molecule has 2 aromatic rings. The van der Waals surface area contributed by atoms with E-state index in [2.05, 4.69) is 9.97 Å². The highest BCUT2D eigenvalue weighted by Gasteiger charge is 2.30. The molecule has 1 aromatic carbocycles. The summed E-state index contributed by atoms with van der Waals surface area (Å²) in [4.78, 5) is 33.2. The molecule has 22 heavy (non-hydrogen) atoms. The summed E-state index contributed by atoms with van der Waals surface area (Å²) in [6.45, 7) is 2.51. The monoisotopic (exact) mass is 315 g/mol. The maximum absolute atomic E-state index is 12.1. The largest absolute Gasteiger partial charge is 0.345 e. The minimum Gasteiger partial charge on any atom is -0.345 e. The van der Waals surface area contributed by atoms with E-state index >= 15 is 0 Å². The average Bonchev–Trinajstić information content (AvgIpc) is 2.83. The Bertz CT molecular complexity index is 758. The predicted molar refractivity (Wildman–Crippen MR) is 86.9 cm³/mol. The van der Waals surface area contributed by atoms with Crippen molar-refractivity contribution in [3.63, 3.8) is 0 Å². The van der Waals surface area contributed by atoms with Gasteiger partial charge in [0, 0.05) is 24.7 Å². The minimum absolute atomic E-state index is 0.0921. The SMILES string of the molecule is Cc1c(-c2ccccc2)nc(S[C@H]2CCN(C)C2=O)[nH]c1=O. The van der Waals surface area contributed by atoms with Gasteiger partial charge in [-0.15, -0.1) is 0 Å². The number of thioether (sulfide) groups is 1. The van der Waals surface area contributed by atoms with E-state index in [1.54, 1.807) is 18.9 Å². The summed E-state index contributed by atoms with van der Waals surface area (Å²) in [5, 5.41) is 0.336. The molecule has 2 heterocycles. The van der Waals surface area contributed by atoms with Crippen molar-refractivity contribution < 1.29 is 4.79 Å². The second-order valence-electron chi connectivity index (χ2n) is 5.37. The molecule has 1 aliphatic heterocycles. The third kappa shape index (κ3) is 2.78. The molecule has 1 saturated heterocycles. The van der Waals surface area contributed by atoms with Crippen LogP contribution in [-0.2, 0) is 4.79 Å². The van der Waals surface area contributed by atoms with E-state index in [1.165, 1.54) is 11.8 Å². The molecule has 1 aromatic heterocycles. The van der Waals surface area contributed by atoms with Crippen LogP contribution in [0.2, 0.25) is 0 Å². The quantitative estimate of drug-likeness (QED) is 0.881. The summed E-state index contributed by atoms with van der Waals surface area (Å²) < 4.78 is 0. The van der Waals surface area contributed by atoms with Crippen LogP contribution < -0.4 is 5.56 Å². The van der Waals surface area contributed by atoms with Gasteiger partial charge in [0.05, 0.1) is 10.9 Å². The number of likely N-dealkylation sites (tertiary alicyclic amines) is 1. The molecule has 0 spiro atoms. The lowest BCUT2D eigenvalue weighted by Gasteiger charge is -2.11. The molecule has 1 fully saturated rings. The number of aromatic amines is 1. The first kappa shape index (κ1) is 14.8. The van der Waals surface area contributed by atoms with Crippen LogP contribution in [0.15, 0.2) is 40.3 Å². The van der Waals surface area contributed by atoms with E-state index in [0.717, 1.165) is 18.5 Å². The number of rotatable bonds is 3. The van der Waals surface area contributed by atoms with Crippen LogP contribution in [-0.4, -0.2) is 39.6 Å². The molecule has 0 bridgehead atoms. The van der Waals surface area contributed by atoms with E-state index in [9.17, 15) is 9.59 Å². The summed E-state index contributed by atoms with van der Waals surface area (Å²) in [6.07, 6.45) is 0.776. The van der Waals surface area contributed by atoms with E-state index in [-0.39, 0.29) is 16.7 Å². The Morgan fingerprint density at radius 3 is 2.64 bits per heavy atom. The van der Waals surface area contributed by atoms with Gasteiger partial charge >= 0.3 is 0 Å². The van der Waals surface area contributed by atoms with Gasteiger partial charge in [-0.1, -0.05) is 42.1 Å². The van der Waals surface area contributed by atoms with Crippen molar-refractivity contribution in [3.8, 4) is 11.3 Å². The van der Waals surface area contributed by atoms with E-state index < -0.39 is 0 Å². The molecule has 0 radical (unpaired) electrons. The lowest BCUT2D eigenvalue weighted by Crippen LogP contribution is -2.24. The number of nitrogens with one attached hydrogen (secondary N) is 1. The van der Waals surface area contributed by atoms with Crippen LogP contribution in [0.3, 0.4) is 0 Å². The van der Waals surface area contributed by atoms with Crippen molar-refractivity contribution in [2.45, 2.75) is 23.8 Å². The Morgan fingerprint density at radius 2 is 2.00 bits per heavy atom. The number of carbonyl (C=O) groups is 1. The highest BCUT2D eigenvalue weighted by molar-refractivity contribution is 8.00. The average molecular weight is 315 g/mol. The number of hydrogen-bond acceptors (Lipinski definition) is 4. The highest BCUT2D eigenvalue weighted by Crippen LogP contribution is 2.29. The molecule has 1 atom stereocenters. The van der Waals surface area contributed by atoms with Gasteiger partial charge in [0.25, 0.3) is 5.56 Å². The standard InChI is InChI=1S/C16H17N3O2S/c1-10-13(11-6-4-3-5-7-11)17-16(18-14(10)20)22-12-8-9-19(2)15(12)21/h3-7,12H,8-9H2,1-2H3,(H,17,18,20)/t12-/m0/s1. The van der Waals surface area contributed by atoms with Gasteiger partial charge in [0.2, 0.25) is 5.91 Å². The van der Waals surface area contributed by atoms with E-state index in [0.29, 0.717) is 16.4 Å². The maximum atomic E-state index is 12.1. The summed E-state index contributed by atoms with van der Waals surface area (Å²) in [6, 6.07) is 9.62. The molecular formula is C16H17N3O2S. The number of aromatic nitrogens is 2. The number of hydrogen-bond donors (Lipinski definition) is 1. The molecule has 0 saturated carbocycles. The molecule has 3 rings (SSSR count). The fraction of sp³-hybridized carbons (Fsp3) is 0.312. The van der Waals surface area contributed by atoms with Crippen molar-refractivity contribution in [2.75, 3.05) is 13.6 Å². The van der Waals surface area contributed by atoms with Crippen molar-refractivity contribution in [3.05, 3.63) is 46.2 Å². The smallest absolute Gasteiger partial charge is 0.255 e. The fourth-order valence-corrected chi connectivity index (χ4v) is 3.55. The van der Waals surface area contributed by atoms with Gasteiger partial charge in [0.15, 0.2) is 5.16 Å². The zero-order valence-corrected chi connectivity index (χ0v) is 13.3. The normalized spacial score (nSPS) is 18.0. The Hall–Kier alpha value is -2.08. The Labute approximate surface area is 132 Å². The molecular weight excluding hydrogens is 298 g/mol. The van der Waals surface area contributed by atoms with Gasteiger partial charge in [-0.2, -0.15) is 0 Å². The maximum Gasteiger partial charge on any atom is 0.255 e. The first-order valence-electron chi connectivity index (χ1n) is 7.14. The van der Waals surface area contributed by atoms with Crippen LogP contribution in [0.1, 0.15) is 12.0 Å². The van der Waals surface area contributed by atoms with Crippen molar-refractivity contribution in [2.24, 2.45) is 0 Å². The summed E-state index contributed by atoms with van der Waals surface area (Å²) >= 11 is 1.34. The number of benzene rings is 1. The minimum atomic E-state index is -0.167. The zero-order valence-electron chi connectivity index (χ0n) is 12.5. The summed E-state index contributed by atoms with van der Waals surface area (Å²) in [5.41, 5.74) is 2.01. The molecule has 1 aliphatic rings. The first-order valence-corrected chi connectivity index (χ1v) is 8.02. The van der Waals surface area contributed by atoms with Crippen LogP contribution in [0.25, 0.3) is 11.3 Å². The lowest BCUT2D eigenvalue weighted by atomic mass is 10.1. The molecule has 5 nitrogen and oxygen atoms in total. The van der Waals surface area contributed by atoms with Gasteiger partial charge in [-0.05, 0) is 13.3 Å². The number of amides is 1. The Kier molecular flexibility index (Phi) is 4.02. The zero-order chi connectivity index (χ0) is 15.7. The van der Waals surface area contributed by atoms with Gasteiger partial charge in [0.1, 0.15) is 0 Å². The van der Waals surface area contributed by atoms with E-state index in [4.69, 9.17) is 0 Å². The predicted octanol–water partition coefficient (Wildman–Crippen LogP) is 2.07. The van der Waals surface area contributed by atoms with Crippen LogP contribution in [0.4, 0.5) is 0 Å². The second kappa shape index (κ2) is 5.96. The molecule has 6 heteroatoms. The van der Waals surface area contributed by atoms with Crippen molar-refractivity contribution in [1.29, 1.82) is 0 Å². The van der Waals surface area contributed by atoms with Crippen molar-refractivity contribution >= 4 is 17.7 Å². The highest BCUT2D eigenvalue weighted by atomic mass is 32.2. The molecule has 114 valence electrons. The summed E-state index contributed by atoms with van der Waals surface area (Å²) in [7, 11) is 1.80. The lowest BCUT2D eigenvalue weighted by molar-refractivity contribution is -0.126. The molecule has 1 N–H and O–H groups in total. The van der Waals surface area contributed by atoms with Gasteiger partial charge in [-0.25, -0.2) is 4.98 Å². The van der Waals surface area contributed by atoms with Gasteiger partial charge < -0.3 is 9.88 Å². The molecule has 0 aliphatic carbocycles. The van der Waals surface area contributed by atoms with Gasteiger partial charge in [-0.3, -0.25) is 9.59 Å². The fourth-order valence-electron chi connectivity index (χ4n) is 2.48. The van der Waals surface area contributed by atoms with Crippen LogP contribution >= 0.6 is 11.8 Å². The number of carbonyl (C=O) groups excluding carboxylic acids is 1. The third-order valence-electron chi connectivity index (χ3n) is 3.81. The van der Waals surface area contributed by atoms with E-state index in [1.807, 2.05) is 30.3 Å². The molecule has 1 amide bonds.